The molecule has 3 heterocycles. The van der Waals surface area contributed by atoms with Crippen molar-refractivity contribution in [2.75, 3.05) is 31.1 Å². The van der Waals surface area contributed by atoms with Crippen LogP contribution in [0.25, 0.3) is 0 Å². The summed E-state index contributed by atoms with van der Waals surface area (Å²) in [6.07, 6.45) is 5.47. The molecule has 2 aliphatic heterocycles. The number of hydrogen-bond donors (Lipinski definition) is 2. The van der Waals surface area contributed by atoms with Gasteiger partial charge in [0.2, 0.25) is 5.91 Å². The van der Waals surface area contributed by atoms with Gasteiger partial charge in [-0.2, -0.15) is 0 Å². The summed E-state index contributed by atoms with van der Waals surface area (Å²) in [6.45, 7) is 2.85. The first-order chi connectivity index (χ1) is 11.2. The molecule has 124 valence electrons. The van der Waals surface area contributed by atoms with Crippen molar-refractivity contribution in [3.63, 3.8) is 0 Å². The maximum absolute atomic E-state index is 13.8. The normalized spacial score (nSPS) is 29.4. The lowest BCUT2D eigenvalue weighted by Gasteiger charge is -2.43. The highest BCUT2D eigenvalue weighted by atomic mass is 19.1. The number of rotatable bonds is 3. The summed E-state index contributed by atoms with van der Waals surface area (Å²) in [6, 6.07) is 0.297. The molecular formula is C15H21FN6O. The summed E-state index contributed by atoms with van der Waals surface area (Å²) in [7, 11) is 0. The maximum atomic E-state index is 13.8. The first-order valence-corrected chi connectivity index (χ1v) is 8.20. The third-order valence-electron chi connectivity index (χ3n) is 4.89. The van der Waals surface area contributed by atoms with E-state index in [0.29, 0.717) is 37.3 Å². The Kier molecular flexibility index (Phi) is 3.86. The van der Waals surface area contributed by atoms with Crippen LogP contribution in [0.3, 0.4) is 0 Å². The third kappa shape index (κ3) is 3.13. The van der Waals surface area contributed by atoms with Crippen molar-refractivity contribution < 1.29 is 9.18 Å². The minimum atomic E-state index is -0.390. The van der Waals surface area contributed by atoms with Crippen LogP contribution >= 0.6 is 0 Å². The van der Waals surface area contributed by atoms with Crippen LogP contribution in [0, 0.1) is 11.7 Å². The average Bonchev–Trinajstić information content (AvgIpc) is 3.40. The van der Waals surface area contributed by atoms with E-state index >= 15 is 0 Å². The van der Waals surface area contributed by atoms with Crippen LogP contribution in [0.2, 0.25) is 0 Å². The van der Waals surface area contributed by atoms with Gasteiger partial charge in [0.15, 0.2) is 11.6 Å². The fourth-order valence-electron chi connectivity index (χ4n) is 3.44. The van der Waals surface area contributed by atoms with Crippen LogP contribution in [-0.2, 0) is 4.79 Å². The Labute approximate surface area is 134 Å². The van der Waals surface area contributed by atoms with Gasteiger partial charge in [0.25, 0.3) is 0 Å². The fraction of sp³-hybridized carbons (Fsp3) is 0.667. The molecule has 3 aliphatic rings. The highest BCUT2D eigenvalue weighted by molar-refractivity contribution is 5.77. The van der Waals surface area contributed by atoms with E-state index in [4.69, 9.17) is 0 Å². The van der Waals surface area contributed by atoms with Crippen LogP contribution in [0.1, 0.15) is 19.3 Å². The summed E-state index contributed by atoms with van der Waals surface area (Å²) >= 11 is 0. The molecule has 1 saturated carbocycles. The minimum Gasteiger partial charge on any atom is -0.352 e. The first kappa shape index (κ1) is 14.8. The van der Waals surface area contributed by atoms with Crippen molar-refractivity contribution in [3.8, 4) is 0 Å². The van der Waals surface area contributed by atoms with E-state index in [1.807, 2.05) is 4.90 Å². The van der Waals surface area contributed by atoms with E-state index in [2.05, 4.69) is 25.5 Å². The Hall–Kier alpha value is -1.80. The highest BCUT2D eigenvalue weighted by Gasteiger charge is 2.39. The number of aromatic nitrogens is 2. The number of nitrogens with zero attached hydrogens (tertiary/aromatic N) is 4. The molecular weight excluding hydrogens is 299 g/mol. The summed E-state index contributed by atoms with van der Waals surface area (Å²) in [5.41, 5.74) is 0. The van der Waals surface area contributed by atoms with Gasteiger partial charge in [-0.25, -0.2) is 14.4 Å². The maximum Gasteiger partial charge on any atom is 0.223 e. The molecule has 0 radical (unpaired) electrons. The first-order valence-electron chi connectivity index (χ1n) is 8.20. The van der Waals surface area contributed by atoms with Gasteiger partial charge in [0, 0.05) is 38.6 Å². The number of halogens is 1. The van der Waals surface area contributed by atoms with Crippen LogP contribution in [0.4, 0.5) is 10.2 Å². The van der Waals surface area contributed by atoms with Crippen LogP contribution < -0.4 is 15.5 Å². The lowest BCUT2D eigenvalue weighted by molar-refractivity contribution is -0.127. The monoisotopic (exact) mass is 320 g/mol. The molecule has 1 amide bonds. The minimum absolute atomic E-state index is 0.112. The molecule has 2 atom stereocenters. The van der Waals surface area contributed by atoms with Gasteiger partial charge >= 0.3 is 0 Å². The molecule has 2 saturated heterocycles. The molecule has 1 aliphatic carbocycles. The second-order valence-corrected chi connectivity index (χ2v) is 6.50. The van der Waals surface area contributed by atoms with E-state index in [1.54, 1.807) is 0 Å². The van der Waals surface area contributed by atoms with Gasteiger partial charge in [0.05, 0.1) is 6.20 Å². The number of hydrogen-bond acceptors (Lipinski definition) is 6. The molecule has 3 fully saturated rings. The van der Waals surface area contributed by atoms with Crippen LogP contribution in [0.5, 0.6) is 0 Å². The third-order valence-corrected chi connectivity index (χ3v) is 4.89. The highest BCUT2D eigenvalue weighted by Crippen LogP contribution is 2.35. The molecule has 0 aromatic carbocycles. The fourth-order valence-corrected chi connectivity index (χ4v) is 3.44. The number of carbonyl (C=O) groups excluding carboxylic acids is 1. The summed E-state index contributed by atoms with van der Waals surface area (Å²) in [4.78, 5) is 23.8. The molecule has 7 nitrogen and oxygen atoms in total. The standard InChI is InChI=1S/C15H21FN6O/c16-11-8-17-9-18-14(11)21-3-5-22(6-4-21)15-19-12(10-1-2-10)7-13(23)20-15/h8-10,12,15,19H,1-7H2,(H,20,23). The zero-order valence-electron chi connectivity index (χ0n) is 12.9. The molecule has 1 aromatic rings. The van der Waals surface area contributed by atoms with Crippen molar-refractivity contribution in [3.05, 3.63) is 18.3 Å². The van der Waals surface area contributed by atoms with Crippen molar-refractivity contribution in [2.24, 2.45) is 5.92 Å². The van der Waals surface area contributed by atoms with E-state index in [1.165, 1.54) is 25.4 Å². The quantitative estimate of drug-likeness (QED) is 0.811. The smallest absolute Gasteiger partial charge is 0.223 e. The van der Waals surface area contributed by atoms with Gasteiger partial charge in [0.1, 0.15) is 12.6 Å². The Morgan fingerprint density at radius 1 is 1.22 bits per heavy atom. The van der Waals surface area contributed by atoms with E-state index < -0.39 is 0 Å². The Morgan fingerprint density at radius 3 is 2.70 bits per heavy atom. The van der Waals surface area contributed by atoms with Gasteiger partial charge in [-0.15, -0.1) is 0 Å². The van der Waals surface area contributed by atoms with Gasteiger partial charge in [-0.05, 0) is 18.8 Å². The Bertz CT molecular complexity index is 587. The lowest BCUT2D eigenvalue weighted by atomic mass is 10.1. The summed E-state index contributed by atoms with van der Waals surface area (Å²) < 4.78 is 13.8. The number of carbonyl (C=O) groups is 1. The largest absolute Gasteiger partial charge is 0.352 e. The van der Waals surface area contributed by atoms with Crippen LogP contribution in [-0.4, -0.2) is 59.3 Å². The molecule has 23 heavy (non-hydrogen) atoms. The van der Waals surface area contributed by atoms with Gasteiger partial charge < -0.3 is 10.2 Å². The molecule has 0 bridgehead atoms. The van der Waals surface area contributed by atoms with Gasteiger partial charge in [-0.3, -0.25) is 15.0 Å². The van der Waals surface area contributed by atoms with E-state index in [0.717, 1.165) is 13.1 Å². The zero-order chi connectivity index (χ0) is 15.8. The molecule has 2 unspecified atom stereocenters. The summed E-state index contributed by atoms with van der Waals surface area (Å²) in [5.74, 6) is 0.741. The van der Waals surface area contributed by atoms with Crippen molar-refractivity contribution in [2.45, 2.75) is 31.6 Å². The zero-order valence-corrected chi connectivity index (χ0v) is 12.9. The molecule has 4 rings (SSSR count). The Morgan fingerprint density at radius 2 is 2.00 bits per heavy atom. The molecule has 0 spiro atoms. The molecule has 1 aromatic heterocycles. The van der Waals surface area contributed by atoms with Gasteiger partial charge in [-0.1, -0.05) is 0 Å². The summed E-state index contributed by atoms with van der Waals surface area (Å²) in [5, 5.41) is 6.58. The SMILES string of the molecule is O=C1CC(C2CC2)NC(N2CCN(c3ncncc3F)CC2)N1. The molecule has 2 N–H and O–H groups in total. The predicted octanol–water partition coefficient (Wildman–Crippen LogP) is -0.0906. The predicted molar refractivity (Wildman–Crippen MR) is 82.0 cm³/mol. The second-order valence-electron chi connectivity index (χ2n) is 6.50. The number of amides is 1. The number of nitrogens with one attached hydrogen (secondary N) is 2. The van der Waals surface area contributed by atoms with Crippen molar-refractivity contribution in [1.82, 2.24) is 25.5 Å². The van der Waals surface area contributed by atoms with E-state index in [9.17, 15) is 9.18 Å². The van der Waals surface area contributed by atoms with Crippen molar-refractivity contribution in [1.29, 1.82) is 0 Å². The van der Waals surface area contributed by atoms with E-state index in [-0.39, 0.29) is 18.0 Å². The van der Waals surface area contributed by atoms with Crippen LogP contribution in [0.15, 0.2) is 12.5 Å². The van der Waals surface area contributed by atoms with Crippen molar-refractivity contribution >= 4 is 11.7 Å². The number of piperazine rings is 1. The second kappa shape index (κ2) is 6.01. The number of anilines is 1. The Balaban J connectivity index is 1.37. The average molecular weight is 320 g/mol. The molecule has 8 heteroatoms. The lowest BCUT2D eigenvalue weighted by Crippen LogP contribution is -2.67. The topological polar surface area (TPSA) is 73.4 Å².